The Bertz CT molecular complexity index is 436. The number of nitrogens with one attached hydrogen (secondary N) is 1. The van der Waals surface area contributed by atoms with Gasteiger partial charge in [0, 0.05) is 31.0 Å². The van der Waals surface area contributed by atoms with E-state index in [9.17, 15) is 9.59 Å². The lowest BCUT2D eigenvalue weighted by atomic mass is 10.2. The predicted octanol–water partition coefficient (Wildman–Crippen LogP) is 1.54. The Hall–Kier alpha value is -1.55. The minimum Gasteiger partial charge on any atom is -0.351 e. The van der Waals surface area contributed by atoms with Gasteiger partial charge in [0.15, 0.2) is 0 Å². The number of carbonyl (C=O) groups excluding carboxylic acids is 2. The Kier molecular flexibility index (Phi) is 4.20. The minimum atomic E-state index is -0.117. The third-order valence-corrected chi connectivity index (χ3v) is 3.07. The van der Waals surface area contributed by atoms with Crippen LogP contribution < -0.4 is 10.2 Å². The molecule has 0 aromatic heterocycles. The molecule has 0 radical (unpaired) electrons. The molecule has 1 unspecified atom stereocenters. The topological polar surface area (TPSA) is 49.4 Å². The number of nitrogens with zero attached hydrogens (tertiary/aromatic N) is 1. The smallest absolute Gasteiger partial charge is 0.229 e. The van der Waals surface area contributed by atoms with E-state index < -0.39 is 0 Å². The molecule has 2 amide bonds. The SMILES string of the molecule is O=C(CCCl)NC1CC(=O)N(c2ccccc2)C1. The summed E-state index contributed by atoms with van der Waals surface area (Å²) < 4.78 is 0. The van der Waals surface area contributed by atoms with E-state index in [-0.39, 0.29) is 24.3 Å². The molecule has 0 bridgehead atoms. The lowest BCUT2D eigenvalue weighted by Crippen LogP contribution is -2.37. The number of anilines is 1. The summed E-state index contributed by atoms with van der Waals surface area (Å²) in [5.74, 6) is 0.240. The number of hydrogen-bond acceptors (Lipinski definition) is 2. The van der Waals surface area contributed by atoms with Crippen LogP contribution in [0.15, 0.2) is 30.3 Å². The van der Waals surface area contributed by atoms with Crippen molar-refractivity contribution in [1.82, 2.24) is 5.32 Å². The number of halogens is 1. The molecule has 2 rings (SSSR count). The lowest BCUT2D eigenvalue weighted by Gasteiger charge is -2.17. The van der Waals surface area contributed by atoms with E-state index in [1.165, 1.54) is 0 Å². The molecular weight excluding hydrogens is 252 g/mol. The maximum atomic E-state index is 11.9. The standard InChI is InChI=1S/C13H15ClN2O2/c14-7-6-12(17)15-10-8-13(18)16(9-10)11-4-2-1-3-5-11/h1-5,10H,6-9H2,(H,15,17). The van der Waals surface area contributed by atoms with Crippen molar-refractivity contribution in [2.45, 2.75) is 18.9 Å². The molecule has 0 aliphatic carbocycles. The van der Waals surface area contributed by atoms with Crippen LogP contribution in [-0.2, 0) is 9.59 Å². The molecule has 1 saturated heterocycles. The van der Waals surface area contributed by atoms with Crippen LogP contribution in [0.3, 0.4) is 0 Å². The molecule has 5 heteroatoms. The van der Waals surface area contributed by atoms with Gasteiger partial charge in [-0.1, -0.05) is 18.2 Å². The van der Waals surface area contributed by atoms with Crippen molar-refractivity contribution in [1.29, 1.82) is 0 Å². The molecule has 96 valence electrons. The summed E-state index contributed by atoms with van der Waals surface area (Å²) in [5.41, 5.74) is 0.872. The van der Waals surface area contributed by atoms with Crippen molar-refractivity contribution in [2.24, 2.45) is 0 Å². The summed E-state index contributed by atoms with van der Waals surface area (Å²) >= 11 is 5.50. The van der Waals surface area contributed by atoms with Gasteiger partial charge in [-0.05, 0) is 12.1 Å². The zero-order valence-corrected chi connectivity index (χ0v) is 10.7. The largest absolute Gasteiger partial charge is 0.351 e. The molecule has 4 nitrogen and oxygen atoms in total. The van der Waals surface area contributed by atoms with E-state index in [4.69, 9.17) is 11.6 Å². The molecule has 0 spiro atoms. The van der Waals surface area contributed by atoms with E-state index in [1.54, 1.807) is 4.90 Å². The molecule has 18 heavy (non-hydrogen) atoms. The van der Waals surface area contributed by atoms with Crippen molar-refractivity contribution in [3.05, 3.63) is 30.3 Å². The average molecular weight is 267 g/mol. The fourth-order valence-electron chi connectivity index (χ4n) is 2.05. The monoisotopic (exact) mass is 266 g/mol. The van der Waals surface area contributed by atoms with Crippen LogP contribution in [0.1, 0.15) is 12.8 Å². The van der Waals surface area contributed by atoms with E-state index in [2.05, 4.69) is 5.32 Å². The Labute approximate surface area is 111 Å². The fraction of sp³-hybridized carbons (Fsp3) is 0.385. The highest BCUT2D eigenvalue weighted by atomic mass is 35.5. The second-order valence-electron chi connectivity index (χ2n) is 4.25. The van der Waals surface area contributed by atoms with Gasteiger partial charge in [-0.3, -0.25) is 9.59 Å². The Balaban J connectivity index is 1.97. The van der Waals surface area contributed by atoms with E-state index in [0.717, 1.165) is 5.69 Å². The van der Waals surface area contributed by atoms with Gasteiger partial charge < -0.3 is 10.2 Å². The van der Waals surface area contributed by atoms with Crippen molar-refractivity contribution in [3.8, 4) is 0 Å². The van der Waals surface area contributed by atoms with Crippen LogP contribution >= 0.6 is 11.6 Å². The highest BCUT2D eigenvalue weighted by molar-refractivity contribution is 6.18. The molecule has 1 aromatic rings. The van der Waals surface area contributed by atoms with E-state index in [1.807, 2.05) is 30.3 Å². The molecule has 1 aliphatic rings. The summed E-state index contributed by atoms with van der Waals surface area (Å²) in [6.45, 7) is 0.525. The fourth-order valence-corrected chi connectivity index (χ4v) is 2.22. The summed E-state index contributed by atoms with van der Waals surface area (Å²) in [6.07, 6.45) is 0.639. The normalized spacial score (nSPS) is 19.1. The van der Waals surface area contributed by atoms with Gasteiger partial charge in [0.2, 0.25) is 11.8 Å². The first-order valence-electron chi connectivity index (χ1n) is 5.91. The predicted molar refractivity (Wildman–Crippen MR) is 70.7 cm³/mol. The van der Waals surface area contributed by atoms with Crippen LogP contribution in [0, 0.1) is 0 Å². The number of benzene rings is 1. The lowest BCUT2D eigenvalue weighted by molar-refractivity contribution is -0.121. The zero-order chi connectivity index (χ0) is 13.0. The van der Waals surface area contributed by atoms with Gasteiger partial charge in [-0.2, -0.15) is 0 Å². The summed E-state index contributed by atoms with van der Waals surface area (Å²) in [4.78, 5) is 25.0. The number of amides is 2. The first kappa shape index (κ1) is 12.9. The Morgan fingerprint density at radius 1 is 1.39 bits per heavy atom. The number of rotatable bonds is 4. The quantitative estimate of drug-likeness (QED) is 0.841. The van der Waals surface area contributed by atoms with Crippen molar-refractivity contribution in [2.75, 3.05) is 17.3 Å². The van der Waals surface area contributed by atoms with Gasteiger partial charge in [-0.15, -0.1) is 11.6 Å². The third-order valence-electron chi connectivity index (χ3n) is 2.88. The average Bonchev–Trinajstić information content (AvgIpc) is 2.71. The van der Waals surface area contributed by atoms with Crippen LogP contribution in [0.5, 0.6) is 0 Å². The first-order chi connectivity index (χ1) is 8.70. The van der Waals surface area contributed by atoms with Crippen LogP contribution in [0.4, 0.5) is 5.69 Å². The van der Waals surface area contributed by atoms with Crippen LogP contribution in [-0.4, -0.2) is 30.3 Å². The van der Waals surface area contributed by atoms with Gasteiger partial charge in [0.1, 0.15) is 0 Å². The number of para-hydroxylation sites is 1. The van der Waals surface area contributed by atoms with Crippen molar-refractivity contribution in [3.63, 3.8) is 0 Å². The van der Waals surface area contributed by atoms with E-state index in [0.29, 0.717) is 18.8 Å². The second kappa shape index (κ2) is 5.87. The first-order valence-corrected chi connectivity index (χ1v) is 6.45. The van der Waals surface area contributed by atoms with E-state index >= 15 is 0 Å². The summed E-state index contributed by atoms with van der Waals surface area (Å²) in [5, 5.41) is 2.82. The van der Waals surface area contributed by atoms with Gasteiger partial charge in [-0.25, -0.2) is 0 Å². The third kappa shape index (κ3) is 3.01. The molecular formula is C13H15ClN2O2. The molecule has 1 heterocycles. The van der Waals surface area contributed by atoms with Crippen LogP contribution in [0.2, 0.25) is 0 Å². The second-order valence-corrected chi connectivity index (χ2v) is 4.63. The molecule has 1 N–H and O–H groups in total. The molecule has 1 atom stereocenters. The number of carbonyl (C=O) groups is 2. The highest BCUT2D eigenvalue weighted by Crippen LogP contribution is 2.20. The number of hydrogen-bond donors (Lipinski definition) is 1. The highest BCUT2D eigenvalue weighted by Gasteiger charge is 2.31. The molecule has 0 saturated carbocycles. The maximum absolute atomic E-state index is 11.9. The van der Waals surface area contributed by atoms with Gasteiger partial charge in [0.05, 0.1) is 6.04 Å². The Morgan fingerprint density at radius 2 is 2.11 bits per heavy atom. The van der Waals surface area contributed by atoms with Gasteiger partial charge in [0.25, 0.3) is 0 Å². The zero-order valence-electron chi connectivity index (χ0n) is 9.93. The molecule has 1 aromatic carbocycles. The van der Waals surface area contributed by atoms with Crippen molar-refractivity contribution < 1.29 is 9.59 Å². The van der Waals surface area contributed by atoms with Crippen LogP contribution in [0.25, 0.3) is 0 Å². The van der Waals surface area contributed by atoms with Crippen molar-refractivity contribution >= 4 is 29.1 Å². The number of alkyl halides is 1. The summed E-state index contributed by atoms with van der Waals surface area (Å²) in [6, 6.07) is 9.35. The summed E-state index contributed by atoms with van der Waals surface area (Å²) in [7, 11) is 0. The molecule has 1 aliphatic heterocycles. The maximum Gasteiger partial charge on any atom is 0.229 e. The Morgan fingerprint density at radius 3 is 2.78 bits per heavy atom. The van der Waals surface area contributed by atoms with Gasteiger partial charge >= 0.3 is 0 Å². The molecule has 1 fully saturated rings. The minimum absolute atomic E-state index is 0.0392.